The predicted molar refractivity (Wildman–Crippen MR) is 73.6 cm³/mol. The lowest BCUT2D eigenvalue weighted by Crippen LogP contribution is -2.25. The molecule has 3 heterocycles. The molecule has 0 aliphatic carbocycles. The Balaban J connectivity index is 1.76. The Morgan fingerprint density at radius 2 is 2.45 bits per heavy atom. The number of azide groups is 1. The average molecular weight is 270 g/mol. The number of carbonyl (C=O) groups is 1. The van der Waals surface area contributed by atoms with E-state index in [1.807, 2.05) is 23.2 Å². The topological polar surface area (TPSA) is 97.8 Å². The van der Waals surface area contributed by atoms with Crippen LogP contribution in [-0.4, -0.2) is 33.9 Å². The number of carbonyl (C=O) groups excluding carboxylic acids is 1. The van der Waals surface area contributed by atoms with Crippen molar-refractivity contribution in [1.82, 2.24) is 14.9 Å². The van der Waals surface area contributed by atoms with Crippen molar-refractivity contribution in [1.29, 1.82) is 0 Å². The summed E-state index contributed by atoms with van der Waals surface area (Å²) >= 11 is 0. The second-order valence-electron chi connectivity index (χ2n) is 4.97. The molecular weight excluding hydrogens is 256 g/mol. The molecular formula is C13H14N6O. The summed E-state index contributed by atoms with van der Waals surface area (Å²) in [5, 5.41) is 4.60. The molecule has 0 bridgehead atoms. The SMILES string of the molecule is [N-]=[N+]=NCC1CC(=O)N(Cc2ccnc3[nH]ccc23)C1. The van der Waals surface area contributed by atoms with Gasteiger partial charge in [-0.05, 0) is 29.1 Å². The van der Waals surface area contributed by atoms with Gasteiger partial charge in [-0.2, -0.15) is 0 Å². The molecule has 102 valence electrons. The van der Waals surface area contributed by atoms with Gasteiger partial charge in [0, 0.05) is 48.7 Å². The molecule has 1 aliphatic heterocycles. The molecule has 0 aromatic carbocycles. The second kappa shape index (κ2) is 5.22. The van der Waals surface area contributed by atoms with Crippen molar-refractivity contribution in [3.63, 3.8) is 0 Å². The number of aromatic nitrogens is 2. The number of rotatable bonds is 4. The Kier molecular flexibility index (Phi) is 3.26. The van der Waals surface area contributed by atoms with E-state index in [2.05, 4.69) is 20.0 Å². The van der Waals surface area contributed by atoms with Gasteiger partial charge in [0.2, 0.25) is 5.91 Å². The van der Waals surface area contributed by atoms with Gasteiger partial charge in [-0.25, -0.2) is 4.98 Å². The normalized spacial score (nSPS) is 18.5. The predicted octanol–water partition coefficient (Wildman–Crippen LogP) is 2.22. The van der Waals surface area contributed by atoms with Crippen molar-refractivity contribution in [2.75, 3.05) is 13.1 Å². The lowest BCUT2D eigenvalue weighted by molar-refractivity contribution is -0.128. The van der Waals surface area contributed by atoms with Crippen LogP contribution in [0.15, 0.2) is 29.6 Å². The fraction of sp³-hybridized carbons (Fsp3) is 0.385. The first-order chi connectivity index (χ1) is 9.78. The number of hydrogen-bond donors (Lipinski definition) is 1. The second-order valence-corrected chi connectivity index (χ2v) is 4.97. The molecule has 1 saturated heterocycles. The first kappa shape index (κ1) is 12.5. The molecule has 7 nitrogen and oxygen atoms in total. The smallest absolute Gasteiger partial charge is 0.223 e. The molecule has 1 N–H and O–H groups in total. The van der Waals surface area contributed by atoms with Crippen molar-refractivity contribution in [2.24, 2.45) is 11.0 Å². The Hall–Kier alpha value is -2.53. The third kappa shape index (κ3) is 2.31. The molecule has 1 unspecified atom stereocenters. The first-order valence-corrected chi connectivity index (χ1v) is 6.47. The average Bonchev–Trinajstić information content (AvgIpc) is 3.04. The summed E-state index contributed by atoms with van der Waals surface area (Å²) in [5.74, 6) is 0.241. The van der Waals surface area contributed by atoms with Crippen molar-refractivity contribution in [2.45, 2.75) is 13.0 Å². The molecule has 0 radical (unpaired) electrons. The first-order valence-electron chi connectivity index (χ1n) is 6.47. The van der Waals surface area contributed by atoms with Crippen LogP contribution in [0.25, 0.3) is 21.5 Å². The molecule has 1 atom stereocenters. The highest BCUT2D eigenvalue weighted by Crippen LogP contribution is 2.23. The molecule has 2 aromatic rings. The number of hydrogen-bond acceptors (Lipinski definition) is 3. The number of H-pyrrole nitrogens is 1. The van der Waals surface area contributed by atoms with Crippen molar-refractivity contribution >= 4 is 16.9 Å². The maximum absolute atomic E-state index is 12.0. The van der Waals surface area contributed by atoms with Crippen molar-refractivity contribution in [3.05, 3.63) is 40.5 Å². The van der Waals surface area contributed by atoms with E-state index in [0.717, 1.165) is 16.6 Å². The van der Waals surface area contributed by atoms with E-state index in [4.69, 9.17) is 5.53 Å². The quantitative estimate of drug-likeness (QED) is 0.523. The van der Waals surface area contributed by atoms with E-state index in [-0.39, 0.29) is 11.8 Å². The maximum Gasteiger partial charge on any atom is 0.223 e. The summed E-state index contributed by atoms with van der Waals surface area (Å²) in [6.07, 6.45) is 4.05. The van der Waals surface area contributed by atoms with Crippen LogP contribution in [0.5, 0.6) is 0 Å². The highest BCUT2D eigenvalue weighted by atomic mass is 16.2. The third-order valence-electron chi connectivity index (χ3n) is 3.61. The summed E-state index contributed by atoms with van der Waals surface area (Å²) in [4.78, 5) is 23.9. The van der Waals surface area contributed by atoms with Crippen LogP contribution in [0.1, 0.15) is 12.0 Å². The maximum atomic E-state index is 12.0. The Labute approximate surface area is 115 Å². The minimum Gasteiger partial charge on any atom is -0.346 e. The van der Waals surface area contributed by atoms with Crippen LogP contribution < -0.4 is 0 Å². The lowest BCUT2D eigenvalue weighted by atomic mass is 10.1. The zero-order valence-electron chi connectivity index (χ0n) is 10.9. The van der Waals surface area contributed by atoms with Crippen LogP contribution in [0.4, 0.5) is 0 Å². The number of nitrogens with zero attached hydrogens (tertiary/aromatic N) is 5. The van der Waals surface area contributed by atoms with Crippen LogP contribution >= 0.6 is 0 Å². The molecule has 1 aliphatic rings. The largest absolute Gasteiger partial charge is 0.346 e. The molecule has 0 saturated carbocycles. The van der Waals surface area contributed by atoms with Gasteiger partial charge in [-0.3, -0.25) is 4.79 Å². The number of fused-ring (bicyclic) bond motifs is 1. The minimum absolute atomic E-state index is 0.114. The van der Waals surface area contributed by atoms with Gasteiger partial charge in [0.25, 0.3) is 0 Å². The number of likely N-dealkylation sites (tertiary alicyclic amines) is 1. The minimum atomic E-state index is 0.114. The summed E-state index contributed by atoms with van der Waals surface area (Å²) in [6.45, 7) is 1.60. The Morgan fingerprint density at radius 1 is 1.55 bits per heavy atom. The van der Waals surface area contributed by atoms with Crippen LogP contribution in [0.2, 0.25) is 0 Å². The highest BCUT2D eigenvalue weighted by molar-refractivity contribution is 5.81. The summed E-state index contributed by atoms with van der Waals surface area (Å²) in [6, 6.07) is 3.90. The fourth-order valence-corrected chi connectivity index (χ4v) is 2.64. The van der Waals surface area contributed by atoms with Crippen LogP contribution in [0.3, 0.4) is 0 Å². The zero-order valence-corrected chi connectivity index (χ0v) is 10.9. The lowest BCUT2D eigenvalue weighted by Gasteiger charge is -2.16. The summed E-state index contributed by atoms with van der Waals surface area (Å²) < 4.78 is 0. The van der Waals surface area contributed by atoms with Crippen molar-refractivity contribution in [3.8, 4) is 0 Å². The van der Waals surface area contributed by atoms with Gasteiger partial charge in [0.05, 0.1) is 0 Å². The number of nitrogens with one attached hydrogen (secondary N) is 1. The molecule has 20 heavy (non-hydrogen) atoms. The van der Waals surface area contributed by atoms with Gasteiger partial charge in [-0.15, -0.1) is 0 Å². The number of amides is 1. The van der Waals surface area contributed by atoms with Gasteiger partial charge in [0.15, 0.2) is 0 Å². The van der Waals surface area contributed by atoms with E-state index >= 15 is 0 Å². The summed E-state index contributed by atoms with van der Waals surface area (Å²) in [5.41, 5.74) is 10.2. The molecule has 2 aromatic heterocycles. The molecule has 0 spiro atoms. The Morgan fingerprint density at radius 3 is 3.30 bits per heavy atom. The van der Waals surface area contributed by atoms with Gasteiger partial charge < -0.3 is 9.88 Å². The van der Waals surface area contributed by atoms with Gasteiger partial charge in [0.1, 0.15) is 5.65 Å². The monoisotopic (exact) mass is 270 g/mol. The van der Waals surface area contributed by atoms with Crippen LogP contribution in [0, 0.1) is 5.92 Å². The zero-order chi connectivity index (χ0) is 13.9. The Bertz CT molecular complexity index is 687. The molecule has 1 fully saturated rings. The molecule has 7 heteroatoms. The van der Waals surface area contributed by atoms with E-state index in [1.165, 1.54) is 0 Å². The molecule has 3 rings (SSSR count). The fourth-order valence-electron chi connectivity index (χ4n) is 2.64. The summed E-state index contributed by atoms with van der Waals surface area (Å²) in [7, 11) is 0. The third-order valence-corrected chi connectivity index (χ3v) is 3.61. The van der Waals surface area contributed by atoms with Gasteiger partial charge in [-0.1, -0.05) is 5.11 Å². The number of aromatic amines is 1. The molecule has 1 amide bonds. The van der Waals surface area contributed by atoms with E-state index < -0.39 is 0 Å². The van der Waals surface area contributed by atoms with E-state index in [0.29, 0.717) is 26.1 Å². The van der Waals surface area contributed by atoms with Crippen molar-refractivity contribution < 1.29 is 4.79 Å². The van der Waals surface area contributed by atoms with E-state index in [1.54, 1.807) is 6.20 Å². The van der Waals surface area contributed by atoms with Crippen LogP contribution in [-0.2, 0) is 11.3 Å². The van der Waals surface area contributed by atoms with Gasteiger partial charge >= 0.3 is 0 Å². The highest BCUT2D eigenvalue weighted by Gasteiger charge is 2.29. The number of pyridine rings is 1. The van der Waals surface area contributed by atoms with E-state index in [9.17, 15) is 4.79 Å². The standard InChI is InChI=1S/C13H14N6O/c14-18-17-6-9-5-12(20)19(7-9)8-10-1-3-15-13-11(10)2-4-16-13/h1-4,9H,5-8H2,(H,15,16).